The van der Waals surface area contributed by atoms with Gasteiger partial charge in [0.2, 0.25) is 10.0 Å². The number of nitrogens with one attached hydrogen (secondary N) is 2. The number of carboxylic acid groups (broad SMARTS) is 1. The summed E-state index contributed by atoms with van der Waals surface area (Å²) in [6, 6.07) is 13.1. The van der Waals surface area contributed by atoms with Crippen molar-refractivity contribution in [3.63, 3.8) is 0 Å². The van der Waals surface area contributed by atoms with Crippen LogP contribution >= 0.6 is 0 Å². The molecule has 0 heterocycles. The zero-order chi connectivity index (χ0) is 18.7. The molecule has 0 aliphatic carbocycles. The van der Waals surface area contributed by atoms with Crippen LogP contribution < -0.4 is 10.0 Å². The quantitative estimate of drug-likeness (QED) is 0.734. The minimum atomic E-state index is -3.61. The first-order valence-electron chi connectivity index (χ1n) is 7.77. The molecule has 0 aliphatic rings. The Bertz CT molecular complexity index is 871. The van der Waals surface area contributed by atoms with Crippen LogP contribution in [0, 0.1) is 0 Å². The van der Waals surface area contributed by atoms with E-state index in [1.54, 1.807) is 57.2 Å². The highest BCUT2D eigenvalue weighted by Gasteiger charge is 2.22. The average molecular weight is 362 g/mol. The lowest BCUT2D eigenvalue weighted by Crippen LogP contribution is -2.40. The molecule has 25 heavy (non-hydrogen) atoms. The van der Waals surface area contributed by atoms with Gasteiger partial charge in [0.05, 0.1) is 10.5 Å². The minimum Gasteiger partial charge on any atom is -0.478 e. The number of hydrogen-bond donors (Lipinski definition) is 3. The number of benzene rings is 2. The summed E-state index contributed by atoms with van der Waals surface area (Å²) in [5.74, 6) is -0.983. The van der Waals surface area contributed by atoms with E-state index in [0.717, 1.165) is 5.56 Å². The van der Waals surface area contributed by atoms with Gasteiger partial charge in [0.1, 0.15) is 0 Å². The van der Waals surface area contributed by atoms with E-state index in [0.29, 0.717) is 12.2 Å². The Hall–Kier alpha value is -2.38. The van der Waals surface area contributed by atoms with Gasteiger partial charge in [-0.1, -0.05) is 18.2 Å². The Morgan fingerprint density at radius 1 is 1.08 bits per heavy atom. The minimum absolute atomic E-state index is 0.173. The van der Waals surface area contributed by atoms with Crippen molar-refractivity contribution >= 4 is 21.7 Å². The number of sulfonamides is 1. The van der Waals surface area contributed by atoms with Crippen molar-refractivity contribution in [1.29, 1.82) is 0 Å². The molecule has 0 atom stereocenters. The van der Waals surface area contributed by atoms with Crippen LogP contribution in [-0.4, -0.2) is 25.0 Å². The molecule has 7 heteroatoms. The fourth-order valence-corrected chi connectivity index (χ4v) is 3.72. The molecule has 0 aliphatic heterocycles. The Balaban J connectivity index is 2.14. The van der Waals surface area contributed by atoms with E-state index in [1.165, 1.54) is 12.1 Å². The second-order valence-corrected chi connectivity index (χ2v) is 8.42. The van der Waals surface area contributed by atoms with Gasteiger partial charge in [-0.25, -0.2) is 17.9 Å². The fourth-order valence-electron chi connectivity index (χ4n) is 2.25. The van der Waals surface area contributed by atoms with Crippen molar-refractivity contribution in [2.45, 2.75) is 37.8 Å². The summed E-state index contributed by atoms with van der Waals surface area (Å²) in [5.41, 5.74) is 1.07. The van der Waals surface area contributed by atoms with Crippen molar-refractivity contribution in [3.8, 4) is 0 Å². The van der Waals surface area contributed by atoms with Gasteiger partial charge in [0, 0.05) is 17.8 Å². The summed E-state index contributed by atoms with van der Waals surface area (Å²) in [6.07, 6.45) is 0. The molecule has 0 saturated carbocycles. The summed E-state index contributed by atoms with van der Waals surface area (Å²) in [6.45, 7) is 5.73. The van der Waals surface area contributed by atoms with Gasteiger partial charge < -0.3 is 10.4 Å². The smallest absolute Gasteiger partial charge is 0.335 e. The number of anilines is 1. The molecule has 0 bridgehead atoms. The third-order valence-electron chi connectivity index (χ3n) is 3.26. The highest BCUT2D eigenvalue weighted by molar-refractivity contribution is 7.89. The van der Waals surface area contributed by atoms with Gasteiger partial charge in [0.15, 0.2) is 0 Å². The van der Waals surface area contributed by atoms with Gasteiger partial charge in [-0.2, -0.15) is 0 Å². The average Bonchev–Trinajstić information content (AvgIpc) is 2.51. The lowest BCUT2D eigenvalue weighted by molar-refractivity contribution is 0.0696. The van der Waals surface area contributed by atoms with Crippen LogP contribution in [0.1, 0.15) is 36.7 Å². The largest absolute Gasteiger partial charge is 0.478 e. The zero-order valence-electron chi connectivity index (χ0n) is 14.4. The van der Waals surface area contributed by atoms with Crippen LogP contribution in [0.3, 0.4) is 0 Å². The Labute approximate surface area is 147 Å². The van der Waals surface area contributed by atoms with Crippen molar-refractivity contribution in [2.75, 3.05) is 5.32 Å². The maximum absolute atomic E-state index is 12.4. The first kappa shape index (κ1) is 19.0. The van der Waals surface area contributed by atoms with Gasteiger partial charge >= 0.3 is 5.97 Å². The molecule has 0 spiro atoms. The van der Waals surface area contributed by atoms with Gasteiger partial charge in [0.25, 0.3) is 0 Å². The molecule has 3 N–H and O–H groups in total. The molecule has 0 amide bonds. The number of rotatable bonds is 6. The maximum atomic E-state index is 12.4. The molecule has 2 aromatic carbocycles. The molecular formula is C18H22N2O4S. The SMILES string of the molecule is CC(C)(C)NS(=O)(=O)c1cccc(NCc2cccc(C(=O)O)c2)c1. The van der Waals surface area contributed by atoms with Crippen molar-refractivity contribution in [3.05, 3.63) is 59.7 Å². The predicted octanol–water partition coefficient (Wildman–Crippen LogP) is 3.07. The van der Waals surface area contributed by atoms with E-state index in [1.807, 2.05) is 0 Å². The lowest BCUT2D eigenvalue weighted by atomic mass is 10.1. The molecule has 134 valence electrons. The van der Waals surface area contributed by atoms with Crippen LogP contribution in [0.2, 0.25) is 0 Å². The molecule has 0 unspecified atom stereocenters. The Morgan fingerprint density at radius 3 is 2.40 bits per heavy atom. The van der Waals surface area contributed by atoms with Crippen LogP contribution in [0.15, 0.2) is 53.4 Å². The Morgan fingerprint density at radius 2 is 1.76 bits per heavy atom. The standard InChI is InChI=1S/C18H22N2O4S/c1-18(2,3)20-25(23,24)16-9-5-8-15(11-16)19-12-13-6-4-7-14(10-13)17(21)22/h4-11,19-20H,12H2,1-3H3,(H,21,22). The van der Waals surface area contributed by atoms with E-state index in [-0.39, 0.29) is 10.5 Å². The number of aromatic carboxylic acids is 1. The van der Waals surface area contributed by atoms with Crippen LogP contribution in [0.5, 0.6) is 0 Å². The third kappa shape index (κ3) is 5.58. The summed E-state index contributed by atoms with van der Waals surface area (Å²) >= 11 is 0. The molecule has 2 rings (SSSR count). The van der Waals surface area contributed by atoms with Crippen molar-refractivity contribution in [2.24, 2.45) is 0 Å². The summed E-state index contributed by atoms with van der Waals surface area (Å²) in [5, 5.41) is 12.1. The fraction of sp³-hybridized carbons (Fsp3) is 0.278. The van der Waals surface area contributed by atoms with Crippen molar-refractivity contribution in [1.82, 2.24) is 4.72 Å². The van der Waals surface area contributed by atoms with Gasteiger partial charge in [-0.15, -0.1) is 0 Å². The summed E-state index contributed by atoms with van der Waals surface area (Å²) in [7, 11) is -3.61. The molecule has 0 saturated heterocycles. The molecule has 6 nitrogen and oxygen atoms in total. The van der Waals surface area contributed by atoms with Crippen LogP contribution in [-0.2, 0) is 16.6 Å². The summed E-state index contributed by atoms with van der Waals surface area (Å²) in [4.78, 5) is 11.2. The summed E-state index contributed by atoms with van der Waals surface area (Å²) < 4.78 is 27.4. The van der Waals surface area contributed by atoms with Crippen LogP contribution in [0.4, 0.5) is 5.69 Å². The van der Waals surface area contributed by atoms with Crippen molar-refractivity contribution < 1.29 is 18.3 Å². The third-order valence-corrected chi connectivity index (χ3v) is 5.01. The monoisotopic (exact) mass is 362 g/mol. The zero-order valence-corrected chi connectivity index (χ0v) is 15.2. The highest BCUT2D eigenvalue weighted by atomic mass is 32.2. The van der Waals surface area contributed by atoms with E-state index in [4.69, 9.17) is 5.11 Å². The molecular weight excluding hydrogens is 340 g/mol. The molecule has 0 fully saturated rings. The normalized spacial score (nSPS) is 12.0. The molecule has 0 radical (unpaired) electrons. The number of hydrogen-bond acceptors (Lipinski definition) is 4. The highest BCUT2D eigenvalue weighted by Crippen LogP contribution is 2.18. The van der Waals surface area contributed by atoms with Gasteiger partial charge in [-0.05, 0) is 56.7 Å². The van der Waals surface area contributed by atoms with E-state index in [2.05, 4.69) is 10.0 Å². The topological polar surface area (TPSA) is 95.5 Å². The Kier molecular flexibility index (Phi) is 5.49. The molecule has 0 aromatic heterocycles. The van der Waals surface area contributed by atoms with Crippen LogP contribution in [0.25, 0.3) is 0 Å². The second-order valence-electron chi connectivity index (χ2n) is 6.74. The maximum Gasteiger partial charge on any atom is 0.335 e. The second kappa shape index (κ2) is 7.25. The van der Waals surface area contributed by atoms with Gasteiger partial charge in [-0.3, -0.25) is 0 Å². The predicted molar refractivity (Wildman–Crippen MR) is 97.2 cm³/mol. The first-order valence-corrected chi connectivity index (χ1v) is 9.25. The number of carboxylic acids is 1. The first-order chi connectivity index (χ1) is 11.6. The van der Waals surface area contributed by atoms with E-state index in [9.17, 15) is 13.2 Å². The lowest BCUT2D eigenvalue weighted by Gasteiger charge is -2.20. The number of carbonyl (C=O) groups is 1. The van der Waals surface area contributed by atoms with E-state index >= 15 is 0 Å². The molecule has 2 aromatic rings. The van der Waals surface area contributed by atoms with E-state index < -0.39 is 21.5 Å².